The lowest BCUT2D eigenvalue weighted by atomic mass is 10.0. The van der Waals surface area contributed by atoms with Crippen molar-refractivity contribution in [3.63, 3.8) is 0 Å². The summed E-state index contributed by atoms with van der Waals surface area (Å²) < 4.78 is 16.8. The molecule has 0 spiro atoms. The number of rotatable bonds is 53. The van der Waals surface area contributed by atoms with Crippen LogP contribution in [0.15, 0.2) is 72.9 Å². The van der Waals surface area contributed by atoms with E-state index in [-0.39, 0.29) is 31.1 Å². The summed E-state index contributed by atoms with van der Waals surface area (Å²) in [5.74, 6) is -0.892. The van der Waals surface area contributed by atoms with Gasteiger partial charge in [0.15, 0.2) is 6.10 Å². The standard InChI is InChI=1S/C63H110O6/c1-4-7-10-13-16-19-22-25-26-27-28-29-30-31-32-33-34-35-36-39-41-44-47-50-53-56-62(65)68-59-60(69-63(66)57-54-51-48-45-42-38-24-21-18-15-12-9-6-3)58-67-61(64)55-52-49-46-43-40-37-23-20-17-14-11-8-5-2/h7,10,16,19-21,23-26,28-29,60H,4-6,8-9,11-15,17-18,22,27,30-59H2,1-3H3/b10-7-,19-16-,23-20-,24-21-,26-25-,29-28-. The van der Waals surface area contributed by atoms with Crippen LogP contribution in [0.3, 0.4) is 0 Å². The molecule has 0 radical (unpaired) electrons. The van der Waals surface area contributed by atoms with Crippen molar-refractivity contribution in [1.29, 1.82) is 0 Å². The van der Waals surface area contributed by atoms with Gasteiger partial charge in [-0.25, -0.2) is 0 Å². The maximum Gasteiger partial charge on any atom is 0.306 e. The number of carbonyl (C=O) groups excluding carboxylic acids is 3. The monoisotopic (exact) mass is 963 g/mol. The maximum atomic E-state index is 12.8. The number of unbranched alkanes of at least 4 members (excludes halogenated alkanes) is 30. The van der Waals surface area contributed by atoms with E-state index in [9.17, 15) is 14.4 Å². The third kappa shape index (κ3) is 55.6. The highest BCUT2D eigenvalue weighted by atomic mass is 16.6. The normalized spacial score (nSPS) is 12.6. The molecule has 69 heavy (non-hydrogen) atoms. The lowest BCUT2D eigenvalue weighted by molar-refractivity contribution is -0.167. The van der Waals surface area contributed by atoms with Gasteiger partial charge in [0.2, 0.25) is 0 Å². The minimum atomic E-state index is -0.782. The van der Waals surface area contributed by atoms with Crippen molar-refractivity contribution in [1.82, 2.24) is 0 Å². The van der Waals surface area contributed by atoms with Gasteiger partial charge in [-0.2, -0.15) is 0 Å². The molecule has 0 bridgehead atoms. The van der Waals surface area contributed by atoms with Gasteiger partial charge in [0.25, 0.3) is 0 Å². The Bertz CT molecular complexity index is 1290. The van der Waals surface area contributed by atoms with Crippen molar-refractivity contribution in [2.45, 2.75) is 297 Å². The fourth-order valence-electron chi connectivity index (χ4n) is 8.25. The number of hydrogen-bond acceptors (Lipinski definition) is 6. The Morgan fingerprint density at radius 2 is 0.565 bits per heavy atom. The van der Waals surface area contributed by atoms with Crippen LogP contribution in [0.4, 0.5) is 0 Å². The fourth-order valence-corrected chi connectivity index (χ4v) is 8.25. The Balaban J connectivity index is 4.27. The molecule has 0 aromatic carbocycles. The first-order chi connectivity index (χ1) is 34.0. The Hall–Kier alpha value is -3.15. The number of hydrogen-bond donors (Lipinski definition) is 0. The summed E-state index contributed by atoms with van der Waals surface area (Å²) in [4.78, 5) is 38.1. The van der Waals surface area contributed by atoms with Crippen molar-refractivity contribution in [3.8, 4) is 0 Å². The van der Waals surface area contributed by atoms with Gasteiger partial charge in [0.1, 0.15) is 13.2 Å². The molecule has 0 saturated carbocycles. The van der Waals surface area contributed by atoms with Gasteiger partial charge < -0.3 is 14.2 Å². The van der Waals surface area contributed by atoms with Gasteiger partial charge in [0, 0.05) is 19.3 Å². The highest BCUT2D eigenvalue weighted by Crippen LogP contribution is 2.16. The van der Waals surface area contributed by atoms with Gasteiger partial charge in [-0.1, -0.05) is 235 Å². The molecule has 0 aliphatic rings. The summed E-state index contributed by atoms with van der Waals surface area (Å²) in [5.41, 5.74) is 0. The molecule has 0 fully saturated rings. The van der Waals surface area contributed by atoms with Gasteiger partial charge >= 0.3 is 17.9 Å². The topological polar surface area (TPSA) is 78.9 Å². The van der Waals surface area contributed by atoms with Crippen LogP contribution in [0.25, 0.3) is 0 Å². The molecule has 0 amide bonds. The van der Waals surface area contributed by atoms with E-state index < -0.39 is 6.10 Å². The van der Waals surface area contributed by atoms with Crippen LogP contribution in [0, 0.1) is 0 Å². The predicted molar refractivity (Wildman–Crippen MR) is 298 cm³/mol. The minimum Gasteiger partial charge on any atom is -0.462 e. The lowest BCUT2D eigenvalue weighted by Crippen LogP contribution is -2.30. The Labute approximate surface area is 427 Å². The van der Waals surface area contributed by atoms with Crippen molar-refractivity contribution < 1.29 is 28.6 Å². The van der Waals surface area contributed by atoms with Crippen LogP contribution in [-0.4, -0.2) is 37.2 Å². The van der Waals surface area contributed by atoms with E-state index in [1.165, 1.54) is 148 Å². The number of esters is 3. The predicted octanol–water partition coefficient (Wildman–Crippen LogP) is 19.8. The Kier molecular flexibility index (Phi) is 54.8. The van der Waals surface area contributed by atoms with Crippen LogP contribution < -0.4 is 0 Å². The molecule has 0 heterocycles. The average molecular weight is 964 g/mol. The minimum absolute atomic E-state index is 0.0809. The highest BCUT2D eigenvalue weighted by Gasteiger charge is 2.19. The van der Waals surface area contributed by atoms with Crippen LogP contribution >= 0.6 is 0 Å². The molecule has 1 unspecified atom stereocenters. The van der Waals surface area contributed by atoms with Gasteiger partial charge in [-0.05, 0) is 109 Å². The van der Waals surface area contributed by atoms with Gasteiger partial charge in [-0.3, -0.25) is 14.4 Å². The van der Waals surface area contributed by atoms with Crippen LogP contribution in [0.1, 0.15) is 290 Å². The first-order valence-corrected chi connectivity index (χ1v) is 29.4. The van der Waals surface area contributed by atoms with Crippen LogP contribution in [-0.2, 0) is 28.6 Å². The average Bonchev–Trinajstić information content (AvgIpc) is 3.35. The second kappa shape index (κ2) is 57.4. The molecule has 6 nitrogen and oxygen atoms in total. The molecule has 398 valence electrons. The molecule has 0 aliphatic heterocycles. The molecule has 1 atom stereocenters. The van der Waals surface area contributed by atoms with Crippen molar-refractivity contribution in [3.05, 3.63) is 72.9 Å². The summed E-state index contributed by atoms with van der Waals surface area (Å²) in [6.45, 7) is 6.50. The maximum absolute atomic E-state index is 12.8. The van der Waals surface area contributed by atoms with Crippen LogP contribution in [0.5, 0.6) is 0 Å². The quantitative estimate of drug-likeness (QED) is 0.0262. The van der Waals surface area contributed by atoms with Crippen molar-refractivity contribution in [2.24, 2.45) is 0 Å². The molecule has 0 N–H and O–H groups in total. The fraction of sp³-hybridized carbons (Fsp3) is 0.762. The second-order valence-corrected chi connectivity index (χ2v) is 19.5. The summed E-state index contributed by atoms with van der Waals surface area (Å²) in [6.07, 6.45) is 73.3. The van der Waals surface area contributed by atoms with Gasteiger partial charge in [-0.15, -0.1) is 0 Å². The number of carbonyl (C=O) groups is 3. The van der Waals surface area contributed by atoms with Crippen molar-refractivity contribution in [2.75, 3.05) is 13.2 Å². The number of allylic oxidation sites excluding steroid dienone is 12. The molecule has 6 heteroatoms. The van der Waals surface area contributed by atoms with E-state index in [0.29, 0.717) is 19.3 Å². The smallest absolute Gasteiger partial charge is 0.306 e. The summed E-state index contributed by atoms with van der Waals surface area (Å²) in [7, 11) is 0. The van der Waals surface area contributed by atoms with E-state index in [2.05, 4.69) is 93.7 Å². The first kappa shape index (κ1) is 65.8. The molecule has 0 aromatic rings. The molecular weight excluding hydrogens is 853 g/mol. The van der Waals surface area contributed by atoms with Crippen LogP contribution in [0.2, 0.25) is 0 Å². The molecular formula is C63H110O6. The largest absolute Gasteiger partial charge is 0.462 e. The molecule has 0 rings (SSSR count). The zero-order valence-corrected chi connectivity index (χ0v) is 45.6. The highest BCUT2D eigenvalue weighted by molar-refractivity contribution is 5.71. The zero-order chi connectivity index (χ0) is 50.0. The summed E-state index contributed by atoms with van der Waals surface area (Å²) in [6, 6.07) is 0. The Morgan fingerprint density at radius 3 is 0.899 bits per heavy atom. The van der Waals surface area contributed by atoms with E-state index >= 15 is 0 Å². The van der Waals surface area contributed by atoms with E-state index in [1.54, 1.807) is 0 Å². The van der Waals surface area contributed by atoms with Crippen molar-refractivity contribution >= 4 is 17.9 Å². The third-order valence-electron chi connectivity index (χ3n) is 12.7. The Morgan fingerprint density at radius 1 is 0.304 bits per heavy atom. The van der Waals surface area contributed by atoms with E-state index in [4.69, 9.17) is 14.2 Å². The lowest BCUT2D eigenvalue weighted by Gasteiger charge is -2.18. The molecule has 0 saturated heterocycles. The SMILES string of the molecule is CC/C=C\C/C=C\C/C=C\C/C=C\CCCCCCCCCCCCCCC(=O)OCC(COC(=O)CCCCCCC/C=C\CCCCCC)OC(=O)CCCCCCC/C=C\CCCCCC. The zero-order valence-electron chi connectivity index (χ0n) is 45.6. The molecule has 0 aromatic heterocycles. The summed E-state index contributed by atoms with van der Waals surface area (Å²) in [5, 5.41) is 0. The molecule has 0 aliphatic carbocycles. The summed E-state index contributed by atoms with van der Waals surface area (Å²) >= 11 is 0. The second-order valence-electron chi connectivity index (χ2n) is 19.5. The van der Waals surface area contributed by atoms with E-state index in [1.807, 2.05) is 0 Å². The number of ether oxygens (including phenoxy) is 3. The first-order valence-electron chi connectivity index (χ1n) is 29.4. The third-order valence-corrected chi connectivity index (χ3v) is 12.7. The van der Waals surface area contributed by atoms with E-state index in [0.717, 1.165) is 103 Å². The van der Waals surface area contributed by atoms with Gasteiger partial charge in [0.05, 0.1) is 0 Å².